The minimum atomic E-state index is -0.357. The molecule has 4 nitrogen and oxygen atoms in total. The maximum Gasteiger partial charge on any atom is 0.254 e. The molecule has 0 unspecified atom stereocenters. The van der Waals surface area contributed by atoms with Crippen molar-refractivity contribution in [3.63, 3.8) is 0 Å². The average Bonchev–Trinajstić information content (AvgIpc) is 2.83. The monoisotopic (exact) mass is 358 g/mol. The highest BCUT2D eigenvalue weighted by atomic mass is 79.9. The van der Waals surface area contributed by atoms with Crippen LogP contribution in [0.25, 0.3) is 0 Å². The zero-order valence-electron chi connectivity index (χ0n) is 12.0. The molecular formula is C14H19BrN2O2S. The third-order valence-electron chi connectivity index (χ3n) is 3.31. The van der Waals surface area contributed by atoms with E-state index in [1.54, 1.807) is 0 Å². The smallest absolute Gasteiger partial charge is 0.254 e. The second-order valence-electron chi connectivity index (χ2n) is 5.97. The van der Waals surface area contributed by atoms with Gasteiger partial charge in [0, 0.05) is 37.0 Å². The van der Waals surface area contributed by atoms with Gasteiger partial charge in [0.05, 0.1) is 9.35 Å². The number of amides is 2. The minimum Gasteiger partial charge on any atom is -0.339 e. The van der Waals surface area contributed by atoms with E-state index in [9.17, 15) is 9.59 Å². The Bertz CT molecular complexity index is 513. The fourth-order valence-corrected chi connectivity index (χ4v) is 3.32. The van der Waals surface area contributed by atoms with Crippen molar-refractivity contribution in [1.82, 2.24) is 9.80 Å². The molecule has 0 N–H and O–H groups in total. The lowest BCUT2D eigenvalue weighted by molar-refractivity contribution is -0.140. The molecule has 0 radical (unpaired) electrons. The van der Waals surface area contributed by atoms with Gasteiger partial charge in [0.2, 0.25) is 5.91 Å². The lowest BCUT2D eigenvalue weighted by atomic mass is 9.94. The summed E-state index contributed by atoms with van der Waals surface area (Å²) in [4.78, 5) is 28.2. The van der Waals surface area contributed by atoms with Gasteiger partial charge in [-0.1, -0.05) is 20.8 Å². The first kappa shape index (κ1) is 15.5. The molecule has 0 saturated carbocycles. The summed E-state index contributed by atoms with van der Waals surface area (Å²) in [5, 5.41) is 1.86. The van der Waals surface area contributed by atoms with Crippen LogP contribution in [0, 0.1) is 5.41 Å². The Labute approximate surface area is 131 Å². The van der Waals surface area contributed by atoms with Gasteiger partial charge in [0.25, 0.3) is 5.91 Å². The van der Waals surface area contributed by atoms with E-state index in [1.807, 2.05) is 42.0 Å². The maximum atomic E-state index is 12.3. The van der Waals surface area contributed by atoms with Gasteiger partial charge < -0.3 is 9.80 Å². The van der Waals surface area contributed by atoms with Crippen molar-refractivity contribution in [2.45, 2.75) is 20.8 Å². The number of halogens is 1. The van der Waals surface area contributed by atoms with Crippen molar-refractivity contribution < 1.29 is 9.59 Å². The Morgan fingerprint density at radius 3 is 2.15 bits per heavy atom. The molecule has 2 rings (SSSR count). The molecule has 1 aliphatic rings. The molecule has 2 amide bonds. The Morgan fingerprint density at radius 1 is 1.15 bits per heavy atom. The molecule has 0 aliphatic carbocycles. The second-order valence-corrected chi connectivity index (χ2v) is 8.26. The number of carbonyl (C=O) groups excluding carboxylic acids is 2. The van der Waals surface area contributed by atoms with Crippen molar-refractivity contribution in [2.75, 3.05) is 26.2 Å². The summed E-state index contributed by atoms with van der Waals surface area (Å²) in [5.74, 6) is 0.206. The lowest BCUT2D eigenvalue weighted by Crippen LogP contribution is -2.53. The van der Waals surface area contributed by atoms with Crippen LogP contribution in [0.3, 0.4) is 0 Å². The third kappa shape index (κ3) is 3.41. The Kier molecular flexibility index (Phi) is 4.54. The highest BCUT2D eigenvalue weighted by Gasteiger charge is 2.31. The highest BCUT2D eigenvalue weighted by Crippen LogP contribution is 2.23. The quantitative estimate of drug-likeness (QED) is 0.774. The average molecular weight is 359 g/mol. The van der Waals surface area contributed by atoms with E-state index in [-0.39, 0.29) is 17.2 Å². The van der Waals surface area contributed by atoms with Crippen molar-refractivity contribution in [3.8, 4) is 0 Å². The first-order valence-electron chi connectivity index (χ1n) is 6.62. The van der Waals surface area contributed by atoms with E-state index >= 15 is 0 Å². The van der Waals surface area contributed by atoms with Gasteiger partial charge in [-0.15, -0.1) is 11.3 Å². The van der Waals surface area contributed by atoms with E-state index in [0.29, 0.717) is 26.2 Å². The normalized spacial score (nSPS) is 16.4. The molecule has 0 bridgehead atoms. The van der Waals surface area contributed by atoms with Crippen molar-refractivity contribution in [1.29, 1.82) is 0 Å². The van der Waals surface area contributed by atoms with E-state index < -0.39 is 0 Å². The fraction of sp³-hybridized carbons (Fsp3) is 0.571. The first-order chi connectivity index (χ1) is 9.29. The Morgan fingerprint density at radius 2 is 1.70 bits per heavy atom. The van der Waals surface area contributed by atoms with Crippen LogP contribution in [-0.2, 0) is 4.79 Å². The number of hydrogen-bond donors (Lipinski definition) is 0. The summed E-state index contributed by atoms with van der Waals surface area (Å²) < 4.78 is 0.961. The zero-order valence-corrected chi connectivity index (χ0v) is 14.4. The van der Waals surface area contributed by atoms with Crippen LogP contribution in [0.2, 0.25) is 0 Å². The van der Waals surface area contributed by atoms with E-state index in [1.165, 1.54) is 11.3 Å². The number of hydrogen-bond acceptors (Lipinski definition) is 3. The molecule has 1 fully saturated rings. The van der Waals surface area contributed by atoms with Crippen LogP contribution in [0.15, 0.2) is 15.2 Å². The third-order valence-corrected chi connectivity index (χ3v) is 4.81. The largest absolute Gasteiger partial charge is 0.339 e. The molecule has 2 heterocycles. The standard InChI is InChI=1S/C14H19BrN2O2S/c1-14(2,3)13(19)17-6-4-16(5-7-17)12(18)10-8-11(15)20-9-10/h8-9H,4-7H2,1-3H3. The number of nitrogens with zero attached hydrogens (tertiary/aromatic N) is 2. The summed E-state index contributed by atoms with van der Waals surface area (Å²) in [6.07, 6.45) is 0. The molecular weight excluding hydrogens is 340 g/mol. The minimum absolute atomic E-state index is 0.0507. The van der Waals surface area contributed by atoms with Gasteiger partial charge in [0.15, 0.2) is 0 Å². The molecule has 20 heavy (non-hydrogen) atoms. The van der Waals surface area contributed by atoms with Gasteiger partial charge in [-0.2, -0.15) is 0 Å². The summed E-state index contributed by atoms with van der Waals surface area (Å²) in [7, 11) is 0. The van der Waals surface area contributed by atoms with E-state index in [0.717, 1.165) is 9.35 Å². The lowest BCUT2D eigenvalue weighted by Gasteiger charge is -2.37. The molecule has 0 aromatic carbocycles. The van der Waals surface area contributed by atoms with Gasteiger partial charge in [0.1, 0.15) is 0 Å². The van der Waals surface area contributed by atoms with Crippen LogP contribution in [0.4, 0.5) is 0 Å². The van der Waals surface area contributed by atoms with Crippen LogP contribution in [0.5, 0.6) is 0 Å². The van der Waals surface area contributed by atoms with Gasteiger partial charge in [-0.3, -0.25) is 9.59 Å². The summed E-state index contributed by atoms with van der Waals surface area (Å²) in [6, 6.07) is 1.85. The predicted octanol–water partition coefficient (Wildman–Crippen LogP) is 2.84. The molecule has 1 aromatic rings. The number of rotatable bonds is 1. The second kappa shape index (κ2) is 5.85. The van der Waals surface area contributed by atoms with Gasteiger partial charge >= 0.3 is 0 Å². The predicted molar refractivity (Wildman–Crippen MR) is 84.0 cm³/mol. The van der Waals surface area contributed by atoms with Gasteiger partial charge in [-0.25, -0.2) is 0 Å². The van der Waals surface area contributed by atoms with Crippen LogP contribution >= 0.6 is 27.3 Å². The van der Waals surface area contributed by atoms with Gasteiger partial charge in [-0.05, 0) is 22.0 Å². The highest BCUT2D eigenvalue weighted by molar-refractivity contribution is 9.11. The van der Waals surface area contributed by atoms with Crippen LogP contribution in [0.1, 0.15) is 31.1 Å². The number of thiophene rings is 1. The van der Waals surface area contributed by atoms with Crippen molar-refractivity contribution in [3.05, 3.63) is 20.8 Å². The number of carbonyl (C=O) groups is 2. The first-order valence-corrected chi connectivity index (χ1v) is 8.29. The topological polar surface area (TPSA) is 40.6 Å². The molecule has 0 spiro atoms. The Balaban J connectivity index is 1.95. The van der Waals surface area contributed by atoms with E-state index in [2.05, 4.69) is 15.9 Å². The van der Waals surface area contributed by atoms with E-state index in [4.69, 9.17) is 0 Å². The zero-order chi connectivity index (χ0) is 14.9. The summed E-state index contributed by atoms with van der Waals surface area (Å²) in [6.45, 7) is 8.23. The fourth-order valence-electron chi connectivity index (χ4n) is 2.19. The van der Waals surface area contributed by atoms with Crippen LogP contribution in [-0.4, -0.2) is 47.8 Å². The summed E-state index contributed by atoms with van der Waals surface area (Å²) in [5.41, 5.74) is 0.363. The summed E-state index contributed by atoms with van der Waals surface area (Å²) >= 11 is 4.88. The molecule has 0 atom stereocenters. The van der Waals surface area contributed by atoms with Crippen LogP contribution < -0.4 is 0 Å². The number of piperazine rings is 1. The molecule has 1 aliphatic heterocycles. The van der Waals surface area contributed by atoms with Crippen molar-refractivity contribution >= 4 is 39.1 Å². The molecule has 1 aromatic heterocycles. The Hall–Kier alpha value is -0.880. The molecule has 6 heteroatoms. The molecule has 110 valence electrons. The maximum absolute atomic E-state index is 12.3. The molecule has 1 saturated heterocycles. The SMILES string of the molecule is CC(C)(C)C(=O)N1CCN(C(=O)c2csc(Br)c2)CC1. The van der Waals surface area contributed by atoms with Crippen molar-refractivity contribution in [2.24, 2.45) is 5.41 Å².